The SMILES string of the molecule is NC1(C(=O)C2=CCCO2)CCOC1. The fourth-order valence-corrected chi connectivity index (χ4v) is 1.58. The van der Waals surface area contributed by atoms with Crippen LogP contribution < -0.4 is 5.73 Å². The number of Topliss-reactive ketones (excluding diaryl/α,β-unsaturated/α-hetero) is 1. The van der Waals surface area contributed by atoms with Gasteiger partial charge < -0.3 is 15.2 Å². The van der Waals surface area contributed by atoms with Crippen LogP contribution in [0.15, 0.2) is 11.8 Å². The zero-order valence-corrected chi connectivity index (χ0v) is 7.41. The molecule has 1 atom stereocenters. The normalized spacial score (nSPS) is 32.8. The van der Waals surface area contributed by atoms with Crippen LogP contribution in [0.1, 0.15) is 12.8 Å². The maximum absolute atomic E-state index is 11.8. The Morgan fingerprint density at radius 2 is 2.38 bits per heavy atom. The third kappa shape index (κ3) is 1.47. The zero-order chi connectivity index (χ0) is 9.31. The van der Waals surface area contributed by atoms with Crippen LogP contribution in [0.5, 0.6) is 0 Å². The lowest BCUT2D eigenvalue weighted by molar-refractivity contribution is -0.123. The first kappa shape index (κ1) is 8.72. The highest BCUT2D eigenvalue weighted by molar-refractivity contribution is 6.01. The van der Waals surface area contributed by atoms with Crippen molar-refractivity contribution in [2.75, 3.05) is 19.8 Å². The quantitative estimate of drug-likeness (QED) is 0.653. The van der Waals surface area contributed by atoms with Crippen LogP contribution in [0.4, 0.5) is 0 Å². The van der Waals surface area contributed by atoms with Gasteiger partial charge in [-0.05, 0) is 12.5 Å². The number of rotatable bonds is 2. The second-order valence-corrected chi connectivity index (χ2v) is 3.49. The number of carbonyl (C=O) groups is 1. The monoisotopic (exact) mass is 183 g/mol. The molecule has 1 fully saturated rings. The first-order valence-electron chi connectivity index (χ1n) is 4.47. The van der Waals surface area contributed by atoms with Crippen LogP contribution in [0.25, 0.3) is 0 Å². The van der Waals surface area contributed by atoms with Crippen molar-refractivity contribution >= 4 is 5.78 Å². The van der Waals surface area contributed by atoms with Gasteiger partial charge in [0.2, 0.25) is 5.78 Å². The molecule has 0 aromatic heterocycles. The predicted molar refractivity (Wildman–Crippen MR) is 46.0 cm³/mol. The Labute approximate surface area is 76.7 Å². The largest absolute Gasteiger partial charge is 0.490 e. The second-order valence-electron chi connectivity index (χ2n) is 3.49. The van der Waals surface area contributed by atoms with Crippen LogP contribution in [0.3, 0.4) is 0 Å². The minimum absolute atomic E-state index is 0.109. The Morgan fingerprint density at radius 1 is 1.54 bits per heavy atom. The average molecular weight is 183 g/mol. The fraction of sp³-hybridized carbons (Fsp3) is 0.667. The number of nitrogens with two attached hydrogens (primary N) is 1. The van der Waals surface area contributed by atoms with E-state index < -0.39 is 5.54 Å². The molecule has 0 saturated carbocycles. The highest BCUT2D eigenvalue weighted by Crippen LogP contribution is 2.23. The number of ketones is 1. The molecule has 13 heavy (non-hydrogen) atoms. The Hall–Kier alpha value is -0.870. The van der Waals surface area contributed by atoms with E-state index in [9.17, 15) is 4.79 Å². The van der Waals surface area contributed by atoms with E-state index in [0.29, 0.717) is 32.0 Å². The minimum Gasteiger partial charge on any atom is -0.490 e. The maximum atomic E-state index is 11.8. The van der Waals surface area contributed by atoms with E-state index in [1.165, 1.54) is 0 Å². The summed E-state index contributed by atoms with van der Waals surface area (Å²) in [5.74, 6) is 0.315. The first-order valence-corrected chi connectivity index (χ1v) is 4.47. The van der Waals surface area contributed by atoms with Gasteiger partial charge in [-0.3, -0.25) is 4.79 Å². The van der Waals surface area contributed by atoms with E-state index in [4.69, 9.17) is 15.2 Å². The molecule has 2 aliphatic rings. The van der Waals surface area contributed by atoms with E-state index in [0.717, 1.165) is 6.42 Å². The third-order valence-electron chi connectivity index (χ3n) is 2.43. The van der Waals surface area contributed by atoms with Crippen LogP contribution in [-0.2, 0) is 14.3 Å². The molecule has 1 unspecified atom stereocenters. The highest BCUT2D eigenvalue weighted by Gasteiger charge is 2.41. The topological polar surface area (TPSA) is 61.6 Å². The Kier molecular flexibility index (Phi) is 2.09. The van der Waals surface area contributed by atoms with Crippen molar-refractivity contribution in [2.45, 2.75) is 18.4 Å². The second kappa shape index (κ2) is 3.12. The van der Waals surface area contributed by atoms with Gasteiger partial charge in [0, 0.05) is 13.0 Å². The van der Waals surface area contributed by atoms with Gasteiger partial charge in [0.05, 0.1) is 13.2 Å². The van der Waals surface area contributed by atoms with Crippen LogP contribution in [0.2, 0.25) is 0 Å². The summed E-state index contributed by atoms with van der Waals surface area (Å²) in [5.41, 5.74) is 5.05. The maximum Gasteiger partial charge on any atom is 0.219 e. The third-order valence-corrected chi connectivity index (χ3v) is 2.43. The Morgan fingerprint density at radius 3 is 2.92 bits per heavy atom. The molecule has 0 radical (unpaired) electrons. The van der Waals surface area contributed by atoms with Crippen molar-refractivity contribution < 1.29 is 14.3 Å². The van der Waals surface area contributed by atoms with E-state index in [-0.39, 0.29) is 5.78 Å². The van der Waals surface area contributed by atoms with Crippen LogP contribution >= 0.6 is 0 Å². The number of ether oxygens (including phenoxy) is 2. The molecule has 0 aromatic rings. The summed E-state index contributed by atoms with van der Waals surface area (Å²) in [5, 5.41) is 0. The van der Waals surface area contributed by atoms with Crippen molar-refractivity contribution in [1.29, 1.82) is 0 Å². The van der Waals surface area contributed by atoms with E-state index in [1.54, 1.807) is 6.08 Å². The molecule has 4 nitrogen and oxygen atoms in total. The minimum atomic E-state index is -0.837. The van der Waals surface area contributed by atoms with Crippen molar-refractivity contribution in [1.82, 2.24) is 0 Å². The summed E-state index contributed by atoms with van der Waals surface area (Å²) in [7, 11) is 0. The molecule has 0 bridgehead atoms. The van der Waals surface area contributed by atoms with Gasteiger partial charge in [-0.1, -0.05) is 0 Å². The predicted octanol–water partition coefficient (Wildman–Crippen LogP) is -0.0225. The lowest BCUT2D eigenvalue weighted by Gasteiger charge is -2.19. The van der Waals surface area contributed by atoms with Crippen molar-refractivity contribution in [2.24, 2.45) is 5.73 Å². The molecule has 0 aliphatic carbocycles. The summed E-state index contributed by atoms with van der Waals surface area (Å²) in [4.78, 5) is 11.8. The summed E-state index contributed by atoms with van der Waals surface area (Å²) >= 11 is 0. The molecule has 0 amide bonds. The smallest absolute Gasteiger partial charge is 0.219 e. The summed E-state index contributed by atoms with van der Waals surface area (Å²) < 4.78 is 10.3. The van der Waals surface area contributed by atoms with Gasteiger partial charge in [0.1, 0.15) is 5.54 Å². The standard InChI is InChI=1S/C9H13NO3/c10-9(3-5-12-6-9)8(11)7-2-1-4-13-7/h2H,1,3-6,10H2. The van der Waals surface area contributed by atoms with Gasteiger partial charge in [-0.25, -0.2) is 0 Å². The lowest BCUT2D eigenvalue weighted by atomic mass is 9.93. The van der Waals surface area contributed by atoms with Crippen LogP contribution in [0, 0.1) is 0 Å². The van der Waals surface area contributed by atoms with E-state index in [2.05, 4.69) is 0 Å². The summed E-state index contributed by atoms with van der Waals surface area (Å²) in [6, 6.07) is 0. The number of carbonyl (C=O) groups excluding carboxylic acids is 1. The fourth-order valence-electron chi connectivity index (χ4n) is 1.58. The van der Waals surface area contributed by atoms with Crippen molar-refractivity contribution in [3.63, 3.8) is 0 Å². The molecular formula is C9H13NO3. The Balaban J connectivity index is 2.11. The van der Waals surface area contributed by atoms with Gasteiger partial charge in [0.25, 0.3) is 0 Å². The van der Waals surface area contributed by atoms with Crippen LogP contribution in [-0.4, -0.2) is 31.1 Å². The molecule has 0 aromatic carbocycles. The van der Waals surface area contributed by atoms with Gasteiger partial charge in [-0.2, -0.15) is 0 Å². The van der Waals surface area contributed by atoms with Crippen molar-refractivity contribution in [3.05, 3.63) is 11.8 Å². The molecular weight excluding hydrogens is 170 g/mol. The number of hydrogen-bond donors (Lipinski definition) is 1. The first-order chi connectivity index (χ1) is 6.22. The molecule has 2 N–H and O–H groups in total. The molecule has 2 heterocycles. The van der Waals surface area contributed by atoms with Crippen molar-refractivity contribution in [3.8, 4) is 0 Å². The summed E-state index contributed by atoms with van der Waals surface area (Å²) in [6.07, 6.45) is 3.19. The zero-order valence-electron chi connectivity index (χ0n) is 7.41. The highest BCUT2D eigenvalue weighted by atomic mass is 16.5. The number of hydrogen-bond acceptors (Lipinski definition) is 4. The summed E-state index contributed by atoms with van der Waals surface area (Å²) in [6.45, 7) is 1.47. The Bertz CT molecular complexity index is 254. The van der Waals surface area contributed by atoms with Gasteiger partial charge >= 0.3 is 0 Å². The van der Waals surface area contributed by atoms with Gasteiger partial charge in [0.15, 0.2) is 5.76 Å². The molecule has 1 saturated heterocycles. The molecule has 72 valence electrons. The molecule has 4 heteroatoms. The molecule has 2 aliphatic heterocycles. The average Bonchev–Trinajstić information content (AvgIpc) is 2.73. The molecule has 2 rings (SSSR count). The lowest BCUT2D eigenvalue weighted by Crippen LogP contribution is -2.49. The van der Waals surface area contributed by atoms with E-state index >= 15 is 0 Å². The van der Waals surface area contributed by atoms with Gasteiger partial charge in [-0.15, -0.1) is 0 Å². The van der Waals surface area contributed by atoms with E-state index in [1.807, 2.05) is 0 Å². The molecule has 0 spiro atoms.